The second-order valence-corrected chi connectivity index (χ2v) is 7.44. The van der Waals surface area contributed by atoms with Crippen molar-refractivity contribution in [2.24, 2.45) is 4.99 Å². The van der Waals surface area contributed by atoms with Gasteiger partial charge in [0.05, 0.1) is 12.3 Å². The van der Waals surface area contributed by atoms with E-state index in [-0.39, 0.29) is 0 Å². The van der Waals surface area contributed by atoms with E-state index in [0.29, 0.717) is 19.8 Å². The van der Waals surface area contributed by atoms with Gasteiger partial charge in [-0.15, -0.1) is 0 Å². The summed E-state index contributed by atoms with van der Waals surface area (Å²) in [6, 6.07) is 10.2. The highest BCUT2D eigenvalue weighted by Crippen LogP contribution is 2.14. The quantitative estimate of drug-likeness (QED) is 0.383. The van der Waals surface area contributed by atoms with Gasteiger partial charge in [0.1, 0.15) is 11.5 Å². The topological polar surface area (TPSA) is 75.4 Å². The molecule has 3 rings (SSSR count). The molecule has 0 radical (unpaired) electrons. The van der Waals surface area contributed by atoms with Crippen molar-refractivity contribution in [1.82, 2.24) is 20.3 Å². The van der Waals surface area contributed by atoms with Crippen molar-refractivity contribution in [3.8, 4) is 5.75 Å². The number of hydrogen-bond acceptors (Lipinski definition) is 6. The monoisotopic (exact) mass is 415 g/mol. The highest BCUT2D eigenvalue weighted by Gasteiger charge is 2.20. The first-order chi connectivity index (χ1) is 14.7. The lowest BCUT2D eigenvalue weighted by atomic mass is 10.2. The van der Waals surface area contributed by atoms with E-state index in [4.69, 9.17) is 14.0 Å². The molecule has 0 amide bonds. The Hall–Kier alpha value is -2.58. The molecular formula is C22H33N5O3. The number of aryl methyl sites for hydroxylation is 1. The predicted octanol–water partition coefficient (Wildman–Crippen LogP) is 2.29. The zero-order valence-corrected chi connectivity index (χ0v) is 18.3. The lowest BCUT2D eigenvalue weighted by Gasteiger charge is -2.36. The van der Waals surface area contributed by atoms with Crippen LogP contribution >= 0.6 is 0 Å². The van der Waals surface area contributed by atoms with Gasteiger partial charge in [0.2, 0.25) is 0 Å². The van der Waals surface area contributed by atoms with E-state index in [2.05, 4.69) is 37.4 Å². The molecule has 2 heterocycles. The van der Waals surface area contributed by atoms with E-state index in [9.17, 15) is 0 Å². The highest BCUT2D eigenvalue weighted by atomic mass is 16.5. The summed E-state index contributed by atoms with van der Waals surface area (Å²) in [5.41, 5.74) is 2.16. The SMILES string of the molecule is CN=C(NCc1cccc(OCCCOC)c1)N1CCN(Cc2cc(C)on2)CC1. The van der Waals surface area contributed by atoms with Crippen LogP contribution in [0.3, 0.4) is 0 Å². The number of rotatable bonds is 9. The van der Waals surface area contributed by atoms with Gasteiger partial charge in [-0.3, -0.25) is 9.89 Å². The third-order valence-electron chi connectivity index (χ3n) is 5.06. The molecule has 0 aliphatic carbocycles. The van der Waals surface area contributed by atoms with Crippen molar-refractivity contribution in [2.75, 3.05) is 53.6 Å². The maximum Gasteiger partial charge on any atom is 0.194 e. The van der Waals surface area contributed by atoms with Crippen molar-refractivity contribution < 1.29 is 14.0 Å². The van der Waals surface area contributed by atoms with Crippen molar-refractivity contribution >= 4 is 5.96 Å². The molecule has 0 bridgehead atoms. The first-order valence-electron chi connectivity index (χ1n) is 10.5. The molecule has 0 atom stereocenters. The van der Waals surface area contributed by atoms with Crippen LogP contribution in [-0.2, 0) is 17.8 Å². The molecular weight excluding hydrogens is 382 g/mol. The van der Waals surface area contributed by atoms with Crippen LogP contribution in [-0.4, -0.2) is 74.5 Å². The molecule has 30 heavy (non-hydrogen) atoms. The number of ether oxygens (including phenoxy) is 2. The van der Waals surface area contributed by atoms with Crippen LogP contribution in [0, 0.1) is 6.92 Å². The van der Waals surface area contributed by atoms with Crippen LogP contribution in [0.25, 0.3) is 0 Å². The maximum atomic E-state index is 5.79. The Balaban J connectivity index is 1.44. The standard InChI is InChI=1S/C22H33N5O3/c1-18-14-20(25-30-18)17-26-8-10-27(11-9-26)22(23-2)24-16-19-6-4-7-21(15-19)29-13-5-12-28-3/h4,6-7,14-15H,5,8-13,16-17H2,1-3H3,(H,23,24). The molecule has 1 aliphatic rings. The van der Waals surface area contributed by atoms with Crippen LogP contribution in [0.4, 0.5) is 0 Å². The molecule has 1 fully saturated rings. The number of piperazine rings is 1. The predicted molar refractivity (Wildman–Crippen MR) is 117 cm³/mol. The van der Waals surface area contributed by atoms with Gasteiger partial charge in [0.25, 0.3) is 0 Å². The Kier molecular flexibility index (Phi) is 8.53. The summed E-state index contributed by atoms with van der Waals surface area (Å²) >= 11 is 0. The average molecular weight is 416 g/mol. The lowest BCUT2D eigenvalue weighted by Crippen LogP contribution is -2.52. The lowest BCUT2D eigenvalue weighted by molar-refractivity contribution is 0.169. The van der Waals surface area contributed by atoms with Crippen LogP contribution < -0.4 is 10.1 Å². The molecule has 1 aromatic heterocycles. The summed E-state index contributed by atoms with van der Waals surface area (Å²) in [5, 5.41) is 7.58. The smallest absolute Gasteiger partial charge is 0.194 e. The van der Waals surface area contributed by atoms with E-state index in [1.807, 2.05) is 32.2 Å². The molecule has 1 N–H and O–H groups in total. The average Bonchev–Trinajstić information content (AvgIpc) is 3.17. The molecule has 0 saturated carbocycles. The van der Waals surface area contributed by atoms with Crippen LogP contribution in [0.2, 0.25) is 0 Å². The first kappa shape index (κ1) is 22.1. The number of hydrogen-bond donors (Lipinski definition) is 1. The molecule has 8 nitrogen and oxygen atoms in total. The van der Waals surface area contributed by atoms with Gasteiger partial charge in [-0.05, 0) is 24.6 Å². The molecule has 8 heteroatoms. The molecule has 0 unspecified atom stereocenters. The molecule has 1 saturated heterocycles. The van der Waals surface area contributed by atoms with Crippen molar-refractivity contribution in [2.45, 2.75) is 26.4 Å². The van der Waals surface area contributed by atoms with Gasteiger partial charge in [0.15, 0.2) is 5.96 Å². The van der Waals surface area contributed by atoms with Crippen LogP contribution in [0.1, 0.15) is 23.4 Å². The summed E-state index contributed by atoms with van der Waals surface area (Å²) in [5.74, 6) is 2.67. The van der Waals surface area contributed by atoms with E-state index >= 15 is 0 Å². The molecule has 2 aromatic rings. The van der Waals surface area contributed by atoms with Gasteiger partial charge >= 0.3 is 0 Å². The number of aliphatic imine (C=N–C) groups is 1. The molecule has 0 spiro atoms. The normalized spacial score (nSPS) is 15.4. The number of methoxy groups -OCH3 is 1. The van der Waals surface area contributed by atoms with Crippen LogP contribution in [0.15, 0.2) is 39.8 Å². The van der Waals surface area contributed by atoms with Crippen molar-refractivity contribution in [3.63, 3.8) is 0 Å². The number of aromatic nitrogens is 1. The fraction of sp³-hybridized carbons (Fsp3) is 0.545. The summed E-state index contributed by atoms with van der Waals surface area (Å²) < 4.78 is 16.0. The number of guanidine groups is 1. The van der Waals surface area contributed by atoms with Gasteiger partial charge in [-0.2, -0.15) is 0 Å². The van der Waals surface area contributed by atoms with Gasteiger partial charge in [0, 0.05) is 72.5 Å². The van der Waals surface area contributed by atoms with E-state index in [1.165, 1.54) is 5.56 Å². The Morgan fingerprint density at radius 2 is 2.03 bits per heavy atom. The summed E-state index contributed by atoms with van der Waals surface area (Å²) in [6.07, 6.45) is 0.883. The maximum absolute atomic E-state index is 5.79. The minimum absolute atomic E-state index is 0.657. The number of nitrogens with one attached hydrogen (secondary N) is 1. The fourth-order valence-corrected chi connectivity index (χ4v) is 3.49. The third-order valence-corrected chi connectivity index (χ3v) is 5.06. The third kappa shape index (κ3) is 6.74. The zero-order chi connectivity index (χ0) is 21.2. The van der Waals surface area contributed by atoms with Crippen molar-refractivity contribution in [3.05, 3.63) is 47.3 Å². The van der Waals surface area contributed by atoms with Gasteiger partial charge in [-0.1, -0.05) is 17.3 Å². The van der Waals surface area contributed by atoms with Crippen LogP contribution in [0.5, 0.6) is 5.75 Å². The first-order valence-corrected chi connectivity index (χ1v) is 10.5. The summed E-state index contributed by atoms with van der Waals surface area (Å²) in [7, 11) is 3.54. The minimum atomic E-state index is 0.657. The van der Waals surface area contributed by atoms with E-state index in [1.54, 1.807) is 7.11 Å². The Morgan fingerprint density at radius 1 is 1.20 bits per heavy atom. The van der Waals surface area contributed by atoms with E-state index < -0.39 is 0 Å². The number of nitrogens with zero attached hydrogens (tertiary/aromatic N) is 4. The summed E-state index contributed by atoms with van der Waals surface area (Å²) in [6.45, 7) is 8.63. The Labute approximate surface area is 178 Å². The molecule has 164 valence electrons. The highest BCUT2D eigenvalue weighted by molar-refractivity contribution is 5.80. The van der Waals surface area contributed by atoms with E-state index in [0.717, 1.165) is 62.3 Å². The van der Waals surface area contributed by atoms with Gasteiger partial charge < -0.3 is 24.2 Å². The molecule has 1 aromatic carbocycles. The largest absolute Gasteiger partial charge is 0.493 e. The Bertz CT molecular complexity index is 800. The second kappa shape index (κ2) is 11.6. The minimum Gasteiger partial charge on any atom is -0.493 e. The number of benzene rings is 1. The van der Waals surface area contributed by atoms with Crippen molar-refractivity contribution in [1.29, 1.82) is 0 Å². The Morgan fingerprint density at radius 3 is 2.73 bits per heavy atom. The molecule has 1 aliphatic heterocycles. The summed E-state index contributed by atoms with van der Waals surface area (Å²) in [4.78, 5) is 9.17. The van der Waals surface area contributed by atoms with Gasteiger partial charge in [-0.25, -0.2) is 0 Å². The fourth-order valence-electron chi connectivity index (χ4n) is 3.49. The zero-order valence-electron chi connectivity index (χ0n) is 18.3. The second-order valence-electron chi connectivity index (χ2n) is 7.44.